The minimum Gasteiger partial charge on any atom is -0.421 e. The van der Waals surface area contributed by atoms with Crippen molar-refractivity contribution in [2.24, 2.45) is 0 Å². The maximum Gasteiger partial charge on any atom is 0.247 e. The number of nitrogens with zero attached hydrogens (tertiary/aromatic N) is 2. The molecule has 0 saturated carbocycles. The van der Waals surface area contributed by atoms with Crippen LogP contribution in [0.5, 0.6) is 0 Å². The predicted octanol–water partition coefficient (Wildman–Crippen LogP) is 2.58. The lowest BCUT2D eigenvalue weighted by Crippen LogP contribution is -1.89. The summed E-state index contributed by atoms with van der Waals surface area (Å²) in [5.41, 5.74) is 8.47. The number of benzene rings is 1. The maximum atomic E-state index is 5.75. The lowest BCUT2D eigenvalue weighted by molar-refractivity contribution is 0.502. The van der Waals surface area contributed by atoms with Gasteiger partial charge in [0.2, 0.25) is 11.8 Å². The normalized spacial score (nSPS) is 10.6. The van der Waals surface area contributed by atoms with Crippen molar-refractivity contribution in [2.45, 2.75) is 26.7 Å². The van der Waals surface area contributed by atoms with Crippen molar-refractivity contribution in [1.82, 2.24) is 10.2 Å². The third kappa shape index (κ3) is 2.05. The summed E-state index contributed by atoms with van der Waals surface area (Å²) in [7, 11) is 0. The molecule has 4 heteroatoms. The predicted molar refractivity (Wildman–Crippen MR) is 62.9 cm³/mol. The van der Waals surface area contributed by atoms with Gasteiger partial charge in [-0.1, -0.05) is 6.92 Å². The summed E-state index contributed by atoms with van der Waals surface area (Å²) < 4.78 is 5.54. The van der Waals surface area contributed by atoms with Crippen LogP contribution in [0.4, 0.5) is 5.69 Å². The molecule has 84 valence electrons. The topological polar surface area (TPSA) is 64.9 Å². The van der Waals surface area contributed by atoms with Gasteiger partial charge in [-0.2, -0.15) is 0 Å². The molecule has 0 unspecified atom stereocenters. The molecule has 1 aromatic carbocycles. The van der Waals surface area contributed by atoms with Gasteiger partial charge in [0.05, 0.1) is 0 Å². The summed E-state index contributed by atoms with van der Waals surface area (Å²) in [5.74, 6) is 1.25. The fourth-order valence-electron chi connectivity index (χ4n) is 1.49. The van der Waals surface area contributed by atoms with Crippen molar-refractivity contribution in [3.8, 4) is 11.5 Å². The van der Waals surface area contributed by atoms with Crippen LogP contribution in [-0.2, 0) is 6.42 Å². The Labute approximate surface area is 94.5 Å². The van der Waals surface area contributed by atoms with Gasteiger partial charge in [0, 0.05) is 17.7 Å². The third-order valence-electron chi connectivity index (χ3n) is 2.45. The van der Waals surface area contributed by atoms with Gasteiger partial charge in [-0.05, 0) is 37.1 Å². The van der Waals surface area contributed by atoms with Crippen LogP contribution in [0.3, 0.4) is 0 Å². The van der Waals surface area contributed by atoms with Crippen molar-refractivity contribution in [3.63, 3.8) is 0 Å². The van der Waals surface area contributed by atoms with E-state index in [9.17, 15) is 0 Å². The number of hydrogen-bond donors (Lipinski definition) is 1. The van der Waals surface area contributed by atoms with Crippen LogP contribution in [-0.4, -0.2) is 10.2 Å². The van der Waals surface area contributed by atoms with Crippen molar-refractivity contribution >= 4 is 5.69 Å². The Balaban J connectivity index is 2.31. The molecular formula is C12H15N3O. The summed E-state index contributed by atoms with van der Waals surface area (Å²) in [6, 6.07) is 5.71. The zero-order chi connectivity index (χ0) is 11.5. The second kappa shape index (κ2) is 4.35. The summed E-state index contributed by atoms with van der Waals surface area (Å²) in [6.07, 6.45) is 1.82. The Kier molecular flexibility index (Phi) is 2.90. The molecule has 2 N–H and O–H groups in total. The van der Waals surface area contributed by atoms with Crippen molar-refractivity contribution in [3.05, 3.63) is 29.7 Å². The average Bonchev–Trinajstić information content (AvgIpc) is 2.71. The highest BCUT2D eigenvalue weighted by molar-refractivity contribution is 5.60. The molecule has 0 radical (unpaired) electrons. The minimum atomic E-state index is 0.562. The summed E-state index contributed by atoms with van der Waals surface area (Å²) in [6.45, 7) is 4.04. The number of aromatic nitrogens is 2. The molecular weight excluding hydrogens is 202 g/mol. The first kappa shape index (κ1) is 10.7. The molecule has 0 aliphatic rings. The fourth-order valence-corrected chi connectivity index (χ4v) is 1.49. The molecule has 0 fully saturated rings. The van der Waals surface area contributed by atoms with E-state index in [1.165, 1.54) is 0 Å². The van der Waals surface area contributed by atoms with E-state index in [-0.39, 0.29) is 0 Å². The number of hydrogen-bond acceptors (Lipinski definition) is 4. The van der Waals surface area contributed by atoms with E-state index in [0.717, 1.165) is 29.7 Å². The molecule has 0 amide bonds. The van der Waals surface area contributed by atoms with Crippen LogP contribution in [0, 0.1) is 6.92 Å². The van der Waals surface area contributed by atoms with Crippen LogP contribution in [0.2, 0.25) is 0 Å². The first-order chi connectivity index (χ1) is 7.70. The lowest BCUT2D eigenvalue weighted by Gasteiger charge is -2.00. The maximum absolute atomic E-state index is 5.75. The number of aryl methyl sites for hydroxylation is 2. The van der Waals surface area contributed by atoms with Crippen LogP contribution < -0.4 is 5.73 Å². The minimum absolute atomic E-state index is 0.562. The molecule has 16 heavy (non-hydrogen) atoms. The Bertz CT molecular complexity index is 491. The molecule has 4 nitrogen and oxygen atoms in total. The van der Waals surface area contributed by atoms with Crippen LogP contribution in [0.25, 0.3) is 11.5 Å². The van der Waals surface area contributed by atoms with E-state index in [2.05, 4.69) is 17.1 Å². The van der Waals surface area contributed by atoms with E-state index in [1.54, 1.807) is 0 Å². The van der Waals surface area contributed by atoms with Gasteiger partial charge in [0.15, 0.2) is 0 Å². The Morgan fingerprint density at radius 1 is 1.31 bits per heavy atom. The zero-order valence-electron chi connectivity index (χ0n) is 9.53. The van der Waals surface area contributed by atoms with Gasteiger partial charge >= 0.3 is 0 Å². The molecule has 0 atom stereocenters. The number of nitrogens with two attached hydrogens (primary N) is 1. The quantitative estimate of drug-likeness (QED) is 0.802. The summed E-state index contributed by atoms with van der Waals surface area (Å²) in [4.78, 5) is 0. The van der Waals surface area contributed by atoms with Crippen molar-refractivity contribution < 1.29 is 4.42 Å². The second-order valence-electron chi connectivity index (χ2n) is 3.82. The van der Waals surface area contributed by atoms with Gasteiger partial charge in [-0.3, -0.25) is 0 Å². The molecule has 1 aromatic heterocycles. The van der Waals surface area contributed by atoms with E-state index in [4.69, 9.17) is 10.2 Å². The number of rotatable bonds is 3. The largest absolute Gasteiger partial charge is 0.421 e. The second-order valence-corrected chi connectivity index (χ2v) is 3.82. The SMILES string of the molecule is CCCc1nnc(-c2ccc(N)c(C)c2)o1. The lowest BCUT2D eigenvalue weighted by atomic mass is 10.1. The summed E-state index contributed by atoms with van der Waals surface area (Å²) in [5, 5.41) is 8.00. The first-order valence-corrected chi connectivity index (χ1v) is 5.39. The smallest absolute Gasteiger partial charge is 0.247 e. The third-order valence-corrected chi connectivity index (χ3v) is 2.45. The molecule has 0 bridgehead atoms. The van der Waals surface area contributed by atoms with Gasteiger partial charge in [0.1, 0.15) is 0 Å². The molecule has 0 aliphatic carbocycles. The molecule has 1 heterocycles. The van der Waals surface area contributed by atoms with E-state index >= 15 is 0 Å². The Morgan fingerprint density at radius 2 is 2.12 bits per heavy atom. The van der Waals surface area contributed by atoms with Crippen LogP contribution in [0.1, 0.15) is 24.8 Å². The highest BCUT2D eigenvalue weighted by Crippen LogP contribution is 2.22. The average molecular weight is 217 g/mol. The molecule has 0 saturated heterocycles. The molecule has 0 aliphatic heterocycles. The van der Waals surface area contributed by atoms with Crippen LogP contribution >= 0.6 is 0 Å². The number of anilines is 1. The molecule has 0 spiro atoms. The van der Waals surface area contributed by atoms with Crippen molar-refractivity contribution in [2.75, 3.05) is 5.73 Å². The van der Waals surface area contributed by atoms with Gasteiger partial charge in [0.25, 0.3) is 0 Å². The van der Waals surface area contributed by atoms with Gasteiger partial charge in [-0.15, -0.1) is 10.2 Å². The molecule has 2 aromatic rings. The van der Waals surface area contributed by atoms with E-state index in [0.29, 0.717) is 11.8 Å². The van der Waals surface area contributed by atoms with Gasteiger partial charge in [-0.25, -0.2) is 0 Å². The summed E-state index contributed by atoms with van der Waals surface area (Å²) >= 11 is 0. The highest BCUT2D eigenvalue weighted by atomic mass is 16.4. The highest BCUT2D eigenvalue weighted by Gasteiger charge is 2.08. The zero-order valence-corrected chi connectivity index (χ0v) is 9.53. The standard InChI is InChI=1S/C12H15N3O/c1-3-4-11-14-15-12(16-11)9-5-6-10(13)8(2)7-9/h5-7H,3-4,13H2,1-2H3. The van der Waals surface area contributed by atoms with Crippen molar-refractivity contribution in [1.29, 1.82) is 0 Å². The van der Waals surface area contributed by atoms with Crippen LogP contribution in [0.15, 0.2) is 22.6 Å². The fraction of sp³-hybridized carbons (Fsp3) is 0.333. The van der Waals surface area contributed by atoms with E-state index < -0.39 is 0 Å². The van der Waals surface area contributed by atoms with Gasteiger partial charge < -0.3 is 10.2 Å². The monoisotopic (exact) mass is 217 g/mol. The number of nitrogen functional groups attached to an aromatic ring is 1. The Hall–Kier alpha value is -1.84. The molecule has 2 rings (SSSR count). The first-order valence-electron chi connectivity index (χ1n) is 5.39. The Morgan fingerprint density at radius 3 is 2.81 bits per heavy atom. The van der Waals surface area contributed by atoms with E-state index in [1.807, 2.05) is 25.1 Å².